The molecule has 1 aromatic heterocycles. The molecule has 2 amide bonds. The topological polar surface area (TPSA) is 80.8 Å². The zero-order valence-corrected chi connectivity index (χ0v) is 15.7. The van der Waals surface area contributed by atoms with Gasteiger partial charge < -0.3 is 14.4 Å². The summed E-state index contributed by atoms with van der Waals surface area (Å²) in [5, 5.41) is 3.19. The zero-order valence-electron chi connectivity index (χ0n) is 14.9. The summed E-state index contributed by atoms with van der Waals surface area (Å²) < 4.78 is 14.9. The largest absolute Gasteiger partial charge is 0.465 e. The summed E-state index contributed by atoms with van der Waals surface area (Å²) in [4.78, 5) is 26.4. The second kappa shape index (κ2) is 7.84. The van der Waals surface area contributed by atoms with E-state index in [1.807, 2.05) is 37.3 Å². The maximum atomic E-state index is 12.7. The molecule has 2 aromatic rings. The molecule has 138 valence electrons. The summed E-state index contributed by atoms with van der Waals surface area (Å²) in [6.45, 7) is 4.55. The first kappa shape index (κ1) is 18.3. The number of aryl methyl sites for hydroxylation is 1. The second-order valence-corrected chi connectivity index (χ2v) is 6.92. The Morgan fingerprint density at radius 2 is 2.04 bits per heavy atom. The third kappa shape index (κ3) is 3.86. The first-order chi connectivity index (χ1) is 12.5. The average Bonchev–Trinajstić information content (AvgIpc) is 3.01. The second-order valence-electron chi connectivity index (χ2n) is 6.14. The number of urea groups is 1. The molecule has 0 unspecified atom stereocenters. The van der Waals surface area contributed by atoms with Crippen LogP contribution < -0.4 is 5.32 Å². The molecule has 0 aliphatic carbocycles. The molecule has 26 heavy (non-hydrogen) atoms. The van der Waals surface area contributed by atoms with E-state index in [1.54, 1.807) is 11.8 Å². The Bertz CT molecular complexity index is 793. The van der Waals surface area contributed by atoms with Crippen molar-refractivity contribution in [2.75, 3.05) is 25.5 Å². The molecule has 1 saturated heterocycles. The number of methoxy groups -OCH3 is 1. The van der Waals surface area contributed by atoms with Crippen molar-refractivity contribution in [3.8, 4) is 0 Å². The van der Waals surface area contributed by atoms with Gasteiger partial charge in [0.05, 0.1) is 25.5 Å². The highest BCUT2D eigenvalue weighted by Crippen LogP contribution is 2.28. The van der Waals surface area contributed by atoms with Crippen LogP contribution in [0.25, 0.3) is 0 Å². The number of nitrogens with zero attached hydrogens (tertiary/aromatic N) is 2. The van der Waals surface area contributed by atoms with E-state index in [0.29, 0.717) is 29.3 Å². The van der Waals surface area contributed by atoms with Gasteiger partial charge in [0.25, 0.3) is 0 Å². The fraction of sp³-hybridized carbons (Fsp3) is 0.389. The standard InChI is InChI=1S/C18H21N3O4S/c1-11-9-21(10-14(25-11)13-7-5-4-6-8-13)18(23)19-16-15(17(22)24-3)12(2)20-26-16/h4-8,11,14H,9-10H2,1-3H3,(H,19,23)/t11-,14+/m1/s1. The Kier molecular flexibility index (Phi) is 5.53. The Morgan fingerprint density at radius 1 is 1.31 bits per heavy atom. The highest BCUT2D eigenvalue weighted by atomic mass is 32.1. The van der Waals surface area contributed by atoms with Gasteiger partial charge in [-0.25, -0.2) is 9.59 Å². The number of benzene rings is 1. The first-order valence-electron chi connectivity index (χ1n) is 8.30. The number of rotatable bonds is 3. The maximum Gasteiger partial charge on any atom is 0.342 e. The van der Waals surface area contributed by atoms with Crippen molar-refractivity contribution < 1.29 is 19.1 Å². The van der Waals surface area contributed by atoms with E-state index >= 15 is 0 Å². The van der Waals surface area contributed by atoms with Crippen LogP contribution in [-0.4, -0.2) is 47.6 Å². The molecule has 2 heterocycles. The number of nitrogens with one attached hydrogen (secondary N) is 1. The Hall–Kier alpha value is -2.45. The molecule has 2 atom stereocenters. The monoisotopic (exact) mass is 375 g/mol. The van der Waals surface area contributed by atoms with Crippen molar-refractivity contribution in [3.05, 3.63) is 47.2 Å². The minimum atomic E-state index is -0.510. The normalized spacial score (nSPS) is 19.9. The van der Waals surface area contributed by atoms with Crippen molar-refractivity contribution in [1.29, 1.82) is 0 Å². The predicted molar refractivity (Wildman–Crippen MR) is 98.5 cm³/mol. The molecular weight excluding hydrogens is 354 g/mol. The lowest BCUT2D eigenvalue weighted by Gasteiger charge is -2.36. The number of aromatic nitrogens is 1. The van der Waals surface area contributed by atoms with Gasteiger partial charge >= 0.3 is 12.0 Å². The van der Waals surface area contributed by atoms with Crippen LogP contribution in [-0.2, 0) is 9.47 Å². The third-order valence-electron chi connectivity index (χ3n) is 4.19. The highest BCUT2D eigenvalue weighted by Gasteiger charge is 2.30. The first-order valence-corrected chi connectivity index (χ1v) is 9.07. The lowest BCUT2D eigenvalue weighted by atomic mass is 10.1. The van der Waals surface area contributed by atoms with Crippen molar-refractivity contribution in [2.45, 2.75) is 26.1 Å². The molecule has 0 radical (unpaired) electrons. The fourth-order valence-corrected chi connectivity index (χ4v) is 3.72. The number of hydrogen-bond donors (Lipinski definition) is 1. The van der Waals surface area contributed by atoms with Crippen LogP contribution >= 0.6 is 11.5 Å². The van der Waals surface area contributed by atoms with Crippen molar-refractivity contribution in [2.24, 2.45) is 0 Å². The summed E-state index contributed by atoms with van der Waals surface area (Å²) in [5.41, 5.74) is 1.86. The lowest BCUT2D eigenvalue weighted by Crippen LogP contribution is -2.47. The molecule has 1 fully saturated rings. The van der Waals surface area contributed by atoms with Crippen LogP contribution in [0.5, 0.6) is 0 Å². The van der Waals surface area contributed by atoms with Crippen LogP contribution in [0, 0.1) is 6.92 Å². The van der Waals surface area contributed by atoms with Crippen LogP contribution in [0.15, 0.2) is 30.3 Å². The number of anilines is 1. The molecular formula is C18H21N3O4S. The van der Waals surface area contributed by atoms with Gasteiger partial charge in [-0.2, -0.15) is 4.37 Å². The van der Waals surface area contributed by atoms with Crippen LogP contribution in [0.4, 0.5) is 9.80 Å². The number of amides is 2. The molecule has 8 heteroatoms. The molecule has 1 aliphatic rings. The van der Waals surface area contributed by atoms with E-state index in [1.165, 1.54) is 7.11 Å². The molecule has 0 bridgehead atoms. The van der Waals surface area contributed by atoms with Gasteiger partial charge in [0.1, 0.15) is 16.7 Å². The molecule has 1 aliphatic heterocycles. The molecule has 7 nitrogen and oxygen atoms in total. The van der Waals surface area contributed by atoms with Gasteiger partial charge in [0.2, 0.25) is 0 Å². The molecule has 0 saturated carbocycles. The van der Waals surface area contributed by atoms with Crippen LogP contribution in [0.3, 0.4) is 0 Å². The van der Waals surface area contributed by atoms with E-state index in [4.69, 9.17) is 9.47 Å². The molecule has 1 aromatic carbocycles. The van der Waals surface area contributed by atoms with Crippen molar-refractivity contribution in [1.82, 2.24) is 9.27 Å². The number of esters is 1. The Morgan fingerprint density at radius 3 is 2.73 bits per heavy atom. The van der Waals surface area contributed by atoms with E-state index in [-0.39, 0.29) is 18.2 Å². The third-order valence-corrected chi connectivity index (χ3v) is 5.05. The maximum absolute atomic E-state index is 12.7. The summed E-state index contributed by atoms with van der Waals surface area (Å²) in [6.07, 6.45) is -0.281. The fourth-order valence-electron chi connectivity index (χ4n) is 2.94. The number of hydrogen-bond acceptors (Lipinski definition) is 6. The Balaban J connectivity index is 1.75. The summed E-state index contributed by atoms with van der Waals surface area (Å²) in [5.74, 6) is -0.510. The quantitative estimate of drug-likeness (QED) is 0.833. The van der Waals surface area contributed by atoms with E-state index < -0.39 is 5.97 Å². The zero-order chi connectivity index (χ0) is 18.7. The number of carbonyl (C=O) groups excluding carboxylic acids is 2. The van der Waals surface area contributed by atoms with Gasteiger partial charge in [0.15, 0.2) is 0 Å². The molecule has 3 rings (SSSR count). The van der Waals surface area contributed by atoms with Crippen LogP contribution in [0.1, 0.15) is 34.6 Å². The van der Waals surface area contributed by atoms with E-state index in [9.17, 15) is 9.59 Å². The number of carbonyl (C=O) groups is 2. The molecule has 1 N–H and O–H groups in total. The lowest BCUT2D eigenvalue weighted by molar-refractivity contribution is -0.0642. The van der Waals surface area contributed by atoms with Crippen LogP contribution in [0.2, 0.25) is 0 Å². The van der Waals surface area contributed by atoms with Crippen molar-refractivity contribution >= 4 is 28.5 Å². The smallest absolute Gasteiger partial charge is 0.342 e. The van der Waals surface area contributed by atoms with Gasteiger partial charge in [-0.3, -0.25) is 5.32 Å². The highest BCUT2D eigenvalue weighted by molar-refractivity contribution is 7.11. The molecule has 0 spiro atoms. The predicted octanol–water partition coefficient (Wildman–Crippen LogP) is 3.23. The van der Waals surface area contributed by atoms with Gasteiger partial charge in [-0.1, -0.05) is 30.3 Å². The minimum Gasteiger partial charge on any atom is -0.465 e. The van der Waals surface area contributed by atoms with E-state index in [0.717, 1.165) is 17.1 Å². The SMILES string of the molecule is COC(=O)c1c(C)nsc1NC(=O)N1C[C@@H](C)O[C@H](c2ccccc2)C1. The number of ether oxygens (including phenoxy) is 2. The van der Waals surface area contributed by atoms with Crippen molar-refractivity contribution in [3.63, 3.8) is 0 Å². The number of morpholine rings is 1. The van der Waals surface area contributed by atoms with Gasteiger partial charge in [-0.15, -0.1) is 0 Å². The van der Waals surface area contributed by atoms with E-state index in [2.05, 4.69) is 9.69 Å². The summed E-state index contributed by atoms with van der Waals surface area (Å²) in [6, 6.07) is 9.54. The minimum absolute atomic E-state index is 0.0945. The Labute approximate surface area is 156 Å². The summed E-state index contributed by atoms with van der Waals surface area (Å²) in [7, 11) is 1.30. The summed E-state index contributed by atoms with van der Waals surface area (Å²) >= 11 is 1.07. The average molecular weight is 375 g/mol. The van der Waals surface area contributed by atoms with Gasteiger partial charge in [-0.05, 0) is 30.9 Å². The van der Waals surface area contributed by atoms with Gasteiger partial charge in [0, 0.05) is 6.54 Å².